The van der Waals surface area contributed by atoms with Crippen molar-refractivity contribution in [3.05, 3.63) is 29.6 Å². The van der Waals surface area contributed by atoms with E-state index in [4.69, 9.17) is 0 Å². The van der Waals surface area contributed by atoms with Gasteiger partial charge in [0.1, 0.15) is 0 Å². The fourth-order valence-corrected chi connectivity index (χ4v) is 2.12. The third-order valence-electron chi connectivity index (χ3n) is 3.31. The number of nitrogens with zero attached hydrogens (tertiary/aromatic N) is 2. The van der Waals surface area contributed by atoms with E-state index in [2.05, 4.69) is 4.98 Å². The van der Waals surface area contributed by atoms with E-state index in [1.165, 1.54) is 12.4 Å². The number of amides is 2. The summed E-state index contributed by atoms with van der Waals surface area (Å²) in [5.41, 5.74) is 0.716. The smallest absolute Gasteiger partial charge is 0.263 e. The highest BCUT2D eigenvalue weighted by Crippen LogP contribution is 2.34. The summed E-state index contributed by atoms with van der Waals surface area (Å²) in [6.07, 6.45) is 4.26. The largest absolute Gasteiger partial charge is 0.391 e. The Hall–Kier alpha value is -1.75. The molecule has 0 spiro atoms. The molecule has 1 unspecified atom stereocenters. The summed E-state index contributed by atoms with van der Waals surface area (Å²) in [7, 11) is 0. The van der Waals surface area contributed by atoms with Gasteiger partial charge in [0, 0.05) is 12.4 Å². The summed E-state index contributed by atoms with van der Waals surface area (Å²) in [6.45, 7) is 0.0943. The van der Waals surface area contributed by atoms with Crippen LogP contribution in [0.4, 0.5) is 0 Å². The fourth-order valence-electron chi connectivity index (χ4n) is 2.12. The van der Waals surface area contributed by atoms with Crippen molar-refractivity contribution in [2.75, 3.05) is 6.54 Å². The lowest BCUT2D eigenvalue weighted by atomic mass is 10.2. The third kappa shape index (κ3) is 1.63. The highest BCUT2D eigenvalue weighted by molar-refractivity contribution is 6.21. The molecule has 0 aromatic carbocycles. The first-order valence-corrected chi connectivity index (χ1v) is 5.67. The maximum atomic E-state index is 12.0. The first kappa shape index (κ1) is 10.4. The van der Waals surface area contributed by atoms with Crippen LogP contribution >= 0.6 is 0 Å². The van der Waals surface area contributed by atoms with Crippen molar-refractivity contribution in [2.45, 2.75) is 18.9 Å². The van der Waals surface area contributed by atoms with E-state index >= 15 is 0 Å². The molecule has 1 aromatic heterocycles. The van der Waals surface area contributed by atoms with Crippen LogP contribution in [0.15, 0.2) is 18.5 Å². The van der Waals surface area contributed by atoms with Crippen molar-refractivity contribution in [3.63, 3.8) is 0 Å². The van der Waals surface area contributed by atoms with Crippen LogP contribution in [0, 0.1) is 5.92 Å². The van der Waals surface area contributed by atoms with E-state index in [9.17, 15) is 14.7 Å². The maximum Gasteiger partial charge on any atom is 0.263 e. The van der Waals surface area contributed by atoms with E-state index in [0.29, 0.717) is 11.1 Å². The second-order valence-corrected chi connectivity index (χ2v) is 4.55. The number of imide groups is 1. The van der Waals surface area contributed by atoms with Crippen LogP contribution in [-0.4, -0.2) is 39.5 Å². The maximum absolute atomic E-state index is 12.0. The van der Waals surface area contributed by atoms with Gasteiger partial charge in [-0.1, -0.05) is 0 Å². The SMILES string of the molecule is O=C1c2ccncc2C(=O)N1CC(O)C1CC1. The molecule has 3 rings (SSSR count). The number of β-amino-alcohol motifs (C(OH)–C–C–N with tert-alkyl or cyclic N) is 1. The Morgan fingerprint density at radius 1 is 1.35 bits per heavy atom. The molecule has 1 aliphatic carbocycles. The molecule has 5 nitrogen and oxygen atoms in total. The zero-order valence-corrected chi connectivity index (χ0v) is 9.17. The number of hydrogen-bond acceptors (Lipinski definition) is 4. The predicted octanol–water partition coefficient (Wildman–Crippen LogP) is 0.449. The summed E-state index contributed by atoms with van der Waals surface area (Å²) in [6, 6.07) is 1.54. The minimum Gasteiger partial charge on any atom is -0.391 e. The van der Waals surface area contributed by atoms with E-state index in [0.717, 1.165) is 17.7 Å². The summed E-state index contributed by atoms with van der Waals surface area (Å²) in [5, 5.41) is 9.80. The molecule has 1 N–H and O–H groups in total. The average Bonchev–Trinajstić information content (AvgIpc) is 3.15. The monoisotopic (exact) mass is 232 g/mol. The van der Waals surface area contributed by atoms with E-state index in [1.807, 2.05) is 0 Å². The molecule has 1 aromatic rings. The Labute approximate surface area is 98.1 Å². The third-order valence-corrected chi connectivity index (χ3v) is 3.31. The molecule has 1 saturated carbocycles. The minimum absolute atomic E-state index is 0.0943. The van der Waals surface area contributed by atoms with Crippen LogP contribution < -0.4 is 0 Å². The molecule has 2 amide bonds. The molecule has 0 bridgehead atoms. The second kappa shape index (κ2) is 3.63. The van der Waals surface area contributed by atoms with Gasteiger partial charge < -0.3 is 5.11 Å². The van der Waals surface area contributed by atoms with Crippen LogP contribution in [0.25, 0.3) is 0 Å². The van der Waals surface area contributed by atoms with Crippen LogP contribution in [0.2, 0.25) is 0 Å². The van der Waals surface area contributed by atoms with Crippen LogP contribution in [0.3, 0.4) is 0 Å². The predicted molar refractivity (Wildman–Crippen MR) is 58.3 cm³/mol. The van der Waals surface area contributed by atoms with Gasteiger partial charge in [0.15, 0.2) is 0 Å². The van der Waals surface area contributed by atoms with Crippen molar-refractivity contribution >= 4 is 11.8 Å². The van der Waals surface area contributed by atoms with Crippen LogP contribution in [-0.2, 0) is 0 Å². The number of aliphatic hydroxyl groups is 1. The molecule has 1 fully saturated rings. The van der Waals surface area contributed by atoms with Gasteiger partial charge in [-0.2, -0.15) is 0 Å². The normalized spacial score (nSPS) is 20.6. The molecule has 0 saturated heterocycles. The zero-order valence-electron chi connectivity index (χ0n) is 9.17. The molecule has 88 valence electrons. The molecular formula is C12H12N2O3. The van der Waals surface area contributed by atoms with Crippen molar-refractivity contribution in [1.82, 2.24) is 9.88 Å². The number of carbonyl (C=O) groups is 2. The highest BCUT2D eigenvalue weighted by atomic mass is 16.3. The minimum atomic E-state index is -0.592. The lowest BCUT2D eigenvalue weighted by Crippen LogP contribution is -2.37. The Balaban J connectivity index is 1.84. The van der Waals surface area contributed by atoms with Crippen molar-refractivity contribution in [2.24, 2.45) is 5.92 Å². The van der Waals surface area contributed by atoms with E-state index in [-0.39, 0.29) is 24.3 Å². The first-order chi connectivity index (χ1) is 8.18. The first-order valence-electron chi connectivity index (χ1n) is 5.67. The zero-order chi connectivity index (χ0) is 12.0. The fraction of sp³-hybridized carbons (Fsp3) is 0.417. The van der Waals surface area contributed by atoms with Gasteiger partial charge in [-0.05, 0) is 24.8 Å². The number of fused-ring (bicyclic) bond motifs is 1. The number of hydrogen-bond donors (Lipinski definition) is 1. The van der Waals surface area contributed by atoms with Crippen molar-refractivity contribution in [3.8, 4) is 0 Å². The van der Waals surface area contributed by atoms with E-state index in [1.54, 1.807) is 6.07 Å². The molecule has 0 radical (unpaired) electrons. The van der Waals surface area contributed by atoms with Gasteiger partial charge >= 0.3 is 0 Å². The van der Waals surface area contributed by atoms with Gasteiger partial charge in [0.2, 0.25) is 0 Å². The quantitative estimate of drug-likeness (QED) is 0.768. The van der Waals surface area contributed by atoms with Gasteiger partial charge in [0.25, 0.3) is 11.8 Å². The van der Waals surface area contributed by atoms with Crippen molar-refractivity contribution < 1.29 is 14.7 Å². The lowest BCUT2D eigenvalue weighted by Gasteiger charge is -2.17. The average molecular weight is 232 g/mol. The van der Waals surface area contributed by atoms with Gasteiger partial charge in [-0.25, -0.2) is 0 Å². The molecule has 1 aliphatic heterocycles. The van der Waals surface area contributed by atoms with Crippen LogP contribution in [0.5, 0.6) is 0 Å². The molecule has 2 heterocycles. The highest BCUT2D eigenvalue weighted by Gasteiger charge is 2.39. The summed E-state index contributed by atoms with van der Waals surface area (Å²) < 4.78 is 0. The standard InChI is InChI=1S/C12H12N2O3/c15-10(7-1-2-7)6-14-11(16)8-3-4-13-5-9(8)12(14)17/h3-5,7,10,15H,1-2,6H2. The number of aliphatic hydroxyl groups excluding tert-OH is 1. The molecular weight excluding hydrogens is 220 g/mol. The molecule has 5 heteroatoms. The second-order valence-electron chi connectivity index (χ2n) is 4.55. The molecule has 17 heavy (non-hydrogen) atoms. The Morgan fingerprint density at radius 3 is 2.71 bits per heavy atom. The van der Waals surface area contributed by atoms with Gasteiger partial charge in [0.05, 0.1) is 23.8 Å². The lowest BCUT2D eigenvalue weighted by molar-refractivity contribution is 0.0514. The Bertz CT molecular complexity index is 461. The number of carbonyl (C=O) groups excluding carboxylic acids is 2. The number of pyridine rings is 1. The van der Waals surface area contributed by atoms with Gasteiger partial charge in [-0.3, -0.25) is 19.5 Å². The van der Waals surface area contributed by atoms with Gasteiger partial charge in [-0.15, -0.1) is 0 Å². The number of rotatable bonds is 3. The molecule has 1 atom stereocenters. The van der Waals surface area contributed by atoms with Crippen LogP contribution in [0.1, 0.15) is 33.6 Å². The Morgan fingerprint density at radius 2 is 2.06 bits per heavy atom. The number of aromatic nitrogens is 1. The summed E-state index contributed by atoms with van der Waals surface area (Å²) in [4.78, 5) is 28.9. The molecule has 2 aliphatic rings. The summed E-state index contributed by atoms with van der Waals surface area (Å²) in [5.74, 6) is -0.428. The Kier molecular flexibility index (Phi) is 2.22. The topological polar surface area (TPSA) is 70.5 Å². The van der Waals surface area contributed by atoms with Crippen molar-refractivity contribution in [1.29, 1.82) is 0 Å². The summed E-state index contributed by atoms with van der Waals surface area (Å²) >= 11 is 0. The van der Waals surface area contributed by atoms with E-state index < -0.39 is 6.10 Å².